The van der Waals surface area contributed by atoms with E-state index in [4.69, 9.17) is 42.5 Å². The average Bonchev–Trinajstić information content (AvgIpc) is 2.56. The van der Waals surface area contributed by atoms with Crippen LogP contribution in [0.1, 0.15) is 19.3 Å². The fourth-order valence-corrected chi connectivity index (χ4v) is 2.53. The van der Waals surface area contributed by atoms with Crippen molar-refractivity contribution >= 4 is 29.0 Å². The van der Waals surface area contributed by atoms with Crippen LogP contribution >= 0.6 is 23.2 Å². The van der Waals surface area contributed by atoms with Crippen LogP contribution in [0.15, 0.2) is 18.2 Å². The molecule has 1 fully saturated rings. The Morgan fingerprint density at radius 3 is 2.65 bits per heavy atom. The van der Waals surface area contributed by atoms with E-state index in [0.717, 1.165) is 12.8 Å². The molecule has 1 heterocycles. The van der Waals surface area contributed by atoms with E-state index in [1.54, 1.807) is 18.2 Å². The van der Waals surface area contributed by atoms with E-state index in [9.17, 15) is 4.79 Å². The van der Waals surface area contributed by atoms with Crippen molar-refractivity contribution in [2.75, 3.05) is 26.4 Å². The molecule has 0 radical (unpaired) electrons. The van der Waals surface area contributed by atoms with Crippen molar-refractivity contribution in [2.24, 2.45) is 5.92 Å². The first kappa shape index (κ1) is 18.5. The Bertz CT molecular complexity index is 515. The van der Waals surface area contributed by atoms with Crippen LogP contribution in [0, 0.1) is 5.92 Å². The zero-order valence-electron chi connectivity index (χ0n) is 12.7. The van der Waals surface area contributed by atoms with Crippen molar-refractivity contribution in [3.8, 4) is 5.75 Å². The summed E-state index contributed by atoms with van der Waals surface area (Å²) in [4.78, 5) is 11.8. The standard InChI is InChI=1S/C16H20Cl2O5/c17-14-5-4-13(6-15(14)18)21-10-12(20)3-1-2-11-8-22-16(7-19)23-9-11/h4-6,11,16,19H,1-3,7-10H2. The van der Waals surface area contributed by atoms with Crippen LogP contribution in [0.3, 0.4) is 0 Å². The summed E-state index contributed by atoms with van der Waals surface area (Å²) in [6.45, 7) is 0.998. The summed E-state index contributed by atoms with van der Waals surface area (Å²) in [5.41, 5.74) is 0. The number of carbonyl (C=O) groups is 1. The molecule has 7 heteroatoms. The molecule has 1 aliphatic rings. The van der Waals surface area contributed by atoms with Gasteiger partial charge in [0.1, 0.15) is 12.4 Å². The van der Waals surface area contributed by atoms with Gasteiger partial charge in [-0.15, -0.1) is 0 Å². The van der Waals surface area contributed by atoms with Gasteiger partial charge >= 0.3 is 0 Å². The summed E-state index contributed by atoms with van der Waals surface area (Å²) < 4.78 is 16.0. The third kappa shape index (κ3) is 6.28. The normalized spacial score (nSPS) is 21.2. The summed E-state index contributed by atoms with van der Waals surface area (Å²) in [6.07, 6.45) is 1.54. The van der Waals surface area contributed by atoms with Gasteiger partial charge in [-0.25, -0.2) is 0 Å². The minimum absolute atomic E-state index is 0.0161. The molecule has 0 aliphatic carbocycles. The number of hydrogen-bond donors (Lipinski definition) is 1. The van der Waals surface area contributed by atoms with E-state index in [2.05, 4.69) is 0 Å². The molecule has 0 unspecified atom stereocenters. The monoisotopic (exact) mass is 362 g/mol. The fraction of sp³-hybridized carbons (Fsp3) is 0.562. The second kappa shape index (κ2) is 9.45. The number of Topliss-reactive ketones (excluding diaryl/α,β-unsaturated/α-hetero) is 1. The van der Waals surface area contributed by atoms with Gasteiger partial charge < -0.3 is 19.3 Å². The molecular formula is C16H20Cl2O5. The number of hydrogen-bond acceptors (Lipinski definition) is 5. The van der Waals surface area contributed by atoms with E-state index in [1.807, 2.05) is 0 Å². The predicted octanol–water partition coefficient (Wildman–Crippen LogP) is 3.09. The van der Waals surface area contributed by atoms with Crippen molar-refractivity contribution in [2.45, 2.75) is 25.6 Å². The van der Waals surface area contributed by atoms with Gasteiger partial charge in [0.05, 0.1) is 29.9 Å². The van der Waals surface area contributed by atoms with Gasteiger partial charge in [0.15, 0.2) is 12.1 Å². The fourth-order valence-electron chi connectivity index (χ4n) is 2.25. The van der Waals surface area contributed by atoms with Crippen LogP contribution in [-0.2, 0) is 14.3 Å². The lowest BCUT2D eigenvalue weighted by Crippen LogP contribution is -2.34. The molecule has 128 valence electrons. The summed E-state index contributed by atoms with van der Waals surface area (Å²) in [7, 11) is 0. The number of aliphatic hydroxyl groups is 1. The van der Waals surface area contributed by atoms with Crippen molar-refractivity contribution in [1.82, 2.24) is 0 Å². The van der Waals surface area contributed by atoms with Gasteiger partial charge in [0.2, 0.25) is 0 Å². The molecule has 1 saturated heterocycles. The minimum Gasteiger partial charge on any atom is -0.486 e. The second-order valence-corrected chi connectivity index (χ2v) is 6.25. The first-order valence-corrected chi connectivity index (χ1v) is 8.27. The Labute approximate surface area is 145 Å². The zero-order chi connectivity index (χ0) is 16.7. The van der Waals surface area contributed by atoms with E-state index in [-0.39, 0.29) is 24.9 Å². The third-order valence-corrected chi connectivity index (χ3v) is 4.28. The molecule has 1 aliphatic heterocycles. The molecule has 1 N–H and O–H groups in total. The molecule has 2 rings (SSSR count). The minimum atomic E-state index is -0.507. The van der Waals surface area contributed by atoms with Gasteiger partial charge in [-0.05, 0) is 25.0 Å². The van der Waals surface area contributed by atoms with E-state index in [1.165, 1.54) is 0 Å². The first-order valence-electron chi connectivity index (χ1n) is 7.52. The first-order chi connectivity index (χ1) is 11.1. The van der Waals surface area contributed by atoms with Crippen molar-refractivity contribution in [1.29, 1.82) is 0 Å². The molecule has 1 aromatic carbocycles. The summed E-state index contributed by atoms with van der Waals surface area (Å²) in [5.74, 6) is 0.820. The number of ether oxygens (including phenoxy) is 3. The Morgan fingerprint density at radius 2 is 2.00 bits per heavy atom. The molecule has 0 atom stereocenters. The lowest BCUT2D eigenvalue weighted by molar-refractivity contribution is -0.215. The van der Waals surface area contributed by atoms with Crippen molar-refractivity contribution in [3.05, 3.63) is 28.2 Å². The van der Waals surface area contributed by atoms with Crippen LogP contribution in [0.4, 0.5) is 0 Å². The SMILES string of the molecule is O=C(CCCC1COC(CO)OC1)COc1ccc(Cl)c(Cl)c1. The van der Waals surface area contributed by atoms with Crippen LogP contribution in [0.5, 0.6) is 5.75 Å². The highest BCUT2D eigenvalue weighted by molar-refractivity contribution is 6.42. The molecule has 0 amide bonds. The molecule has 0 aromatic heterocycles. The van der Waals surface area contributed by atoms with Gasteiger partial charge in [-0.2, -0.15) is 0 Å². The third-order valence-electron chi connectivity index (χ3n) is 3.54. The molecule has 5 nitrogen and oxygen atoms in total. The van der Waals surface area contributed by atoms with Crippen LogP contribution in [0.2, 0.25) is 10.0 Å². The topological polar surface area (TPSA) is 65.0 Å². The van der Waals surface area contributed by atoms with Crippen LogP contribution in [-0.4, -0.2) is 43.6 Å². The van der Waals surface area contributed by atoms with Gasteiger partial charge in [0, 0.05) is 18.4 Å². The zero-order valence-corrected chi connectivity index (χ0v) is 14.2. The molecule has 1 aromatic rings. The highest BCUT2D eigenvalue weighted by atomic mass is 35.5. The highest BCUT2D eigenvalue weighted by Crippen LogP contribution is 2.26. The van der Waals surface area contributed by atoms with Gasteiger partial charge in [0.25, 0.3) is 0 Å². The molecule has 0 saturated carbocycles. The number of halogens is 2. The maximum absolute atomic E-state index is 11.8. The molecule has 23 heavy (non-hydrogen) atoms. The highest BCUT2D eigenvalue weighted by Gasteiger charge is 2.21. The Balaban J connectivity index is 1.61. The lowest BCUT2D eigenvalue weighted by atomic mass is 10.0. The summed E-state index contributed by atoms with van der Waals surface area (Å²) >= 11 is 11.7. The summed E-state index contributed by atoms with van der Waals surface area (Å²) in [6, 6.07) is 4.90. The number of carbonyl (C=O) groups excluding carboxylic acids is 1. The van der Waals surface area contributed by atoms with Crippen LogP contribution < -0.4 is 4.74 Å². The van der Waals surface area contributed by atoms with Crippen molar-refractivity contribution < 1.29 is 24.1 Å². The van der Waals surface area contributed by atoms with E-state index in [0.29, 0.717) is 35.4 Å². The van der Waals surface area contributed by atoms with Gasteiger partial charge in [-0.3, -0.25) is 4.79 Å². The Kier molecular flexibility index (Phi) is 7.59. The predicted molar refractivity (Wildman–Crippen MR) is 87.1 cm³/mol. The average molecular weight is 363 g/mol. The van der Waals surface area contributed by atoms with Gasteiger partial charge in [-0.1, -0.05) is 23.2 Å². The molecule has 0 spiro atoms. The summed E-state index contributed by atoms with van der Waals surface area (Å²) in [5, 5.41) is 9.74. The second-order valence-electron chi connectivity index (χ2n) is 5.44. The van der Waals surface area contributed by atoms with Crippen molar-refractivity contribution in [3.63, 3.8) is 0 Å². The lowest BCUT2D eigenvalue weighted by Gasteiger charge is -2.28. The van der Waals surface area contributed by atoms with E-state index >= 15 is 0 Å². The smallest absolute Gasteiger partial charge is 0.180 e. The number of aliphatic hydroxyl groups excluding tert-OH is 1. The number of rotatable bonds is 8. The van der Waals surface area contributed by atoms with Crippen LogP contribution in [0.25, 0.3) is 0 Å². The largest absolute Gasteiger partial charge is 0.486 e. The quantitative estimate of drug-likeness (QED) is 0.769. The molecular weight excluding hydrogens is 343 g/mol. The molecule has 0 bridgehead atoms. The Hall–Kier alpha value is -0.850. The van der Waals surface area contributed by atoms with E-state index < -0.39 is 6.29 Å². The maximum atomic E-state index is 11.8. The Morgan fingerprint density at radius 1 is 1.26 bits per heavy atom. The number of benzene rings is 1. The number of ketones is 1. The maximum Gasteiger partial charge on any atom is 0.180 e.